The number of halogens is 1. The highest BCUT2D eigenvalue weighted by Crippen LogP contribution is 2.22. The first-order valence-corrected chi connectivity index (χ1v) is 10.2. The van der Waals surface area contributed by atoms with E-state index in [0.29, 0.717) is 12.2 Å². The van der Waals surface area contributed by atoms with Crippen LogP contribution in [0.5, 0.6) is 5.75 Å². The predicted octanol–water partition coefficient (Wildman–Crippen LogP) is 3.43. The summed E-state index contributed by atoms with van der Waals surface area (Å²) in [6.45, 7) is 4.24. The fourth-order valence-corrected chi connectivity index (χ4v) is 3.03. The number of carbonyl (C=O) groups excluding carboxylic acids is 1. The zero-order valence-corrected chi connectivity index (χ0v) is 16.3. The van der Waals surface area contributed by atoms with Crippen molar-refractivity contribution in [2.24, 2.45) is 0 Å². The molecule has 0 unspecified atom stereocenters. The van der Waals surface area contributed by atoms with Crippen LogP contribution in [0.4, 0.5) is 5.69 Å². The average Bonchev–Trinajstić information content (AvgIpc) is 2.52. The molecule has 2 rings (SSSR count). The van der Waals surface area contributed by atoms with E-state index in [-0.39, 0.29) is 22.6 Å². The highest BCUT2D eigenvalue weighted by atomic mass is 35.5. The van der Waals surface area contributed by atoms with Gasteiger partial charge in [0.2, 0.25) is 10.0 Å². The van der Waals surface area contributed by atoms with E-state index in [4.69, 9.17) is 16.3 Å². The van der Waals surface area contributed by atoms with Crippen molar-refractivity contribution in [2.45, 2.75) is 26.5 Å². The smallest absolute Gasteiger partial charge is 0.253 e. The van der Waals surface area contributed by atoms with Crippen LogP contribution in [0.2, 0.25) is 5.02 Å². The molecule has 26 heavy (non-hydrogen) atoms. The maximum atomic E-state index is 12.3. The number of nitrogens with one attached hydrogen (secondary N) is 2. The molecule has 140 valence electrons. The standard InChI is InChI=1S/C18H21ClN2O4S/c1-12(2)25-15-7-4-13(5-8-15)11-20-18(22)16-9-6-14(10-17(16)19)21-26(3,23)24/h4-10,12,21H,11H2,1-3H3,(H,20,22). The molecular weight excluding hydrogens is 376 g/mol. The Morgan fingerprint density at radius 2 is 1.81 bits per heavy atom. The van der Waals surface area contributed by atoms with Gasteiger partial charge in [-0.05, 0) is 49.7 Å². The fraction of sp³-hybridized carbons (Fsp3) is 0.278. The summed E-state index contributed by atoms with van der Waals surface area (Å²) in [5, 5.41) is 2.94. The normalized spacial score (nSPS) is 11.3. The maximum absolute atomic E-state index is 12.3. The molecule has 6 nitrogen and oxygen atoms in total. The van der Waals surface area contributed by atoms with Crippen LogP contribution in [0.15, 0.2) is 42.5 Å². The van der Waals surface area contributed by atoms with Crippen LogP contribution >= 0.6 is 11.6 Å². The first kappa shape index (κ1) is 20.1. The van der Waals surface area contributed by atoms with E-state index in [1.807, 2.05) is 38.1 Å². The average molecular weight is 397 g/mol. The molecule has 0 fully saturated rings. The second-order valence-corrected chi connectivity index (χ2v) is 8.22. The summed E-state index contributed by atoms with van der Waals surface area (Å²) in [6, 6.07) is 11.8. The van der Waals surface area contributed by atoms with Crippen LogP contribution in [-0.4, -0.2) is 26.7 Å². The van der Waals surface area contributed by atoms with E-state index in [1.54, 1.807) is 0 Å². The number of carbonyl (C=O) groups is 1. The van der Waals surface area contributed by atoms with Gasteiger partial charge in [-0.2, -0.15) is 0 Å². The van der Waals surface area contributed by atoms with Crippen LogP contribution in [0.3, 0.4) is 0 Å². The molecule has 0 saturated carbocycles. The van der Waals surface area contributed by atoms with Crippen molar-refractivity contribution in [2.75, 3.05) is 11.0 Å². The van der Waals surface area contributed by atoms with Crippen molar-refractivity contribution in [3.05, 3.63) is 58.6 Å². The van der Waals surface area contributed by atoms with Crippen LogP contribution in [0.1, 0.15) is 29.8 Å². The summed E-state index contributed by atoms with van der Waals surface area (Å²) in [6.07, 6.45) is 1.14. The molecule has 0 aromatic heterocycles. The van der Waals surface area contributed by atoms with Crippen molar-refractivity contribution in [1.29, 1.82) is 0 Å². The lowest BCUT2D eigenvalue weighted by Crippen LogP contribution is -2.23. The van der Waals surface area contributed by atoms with E-state index < -0.39 is 10.0 Å². The lowest BCUT2D eigenvalue weighted by Gasteiger charge is -2.11. The van der Waals surface area contributed by atoms with Crippen molar-refractivity contribution in [3.8, 4) is 5.75 Å². The Morgan fingerprint density at radius 1 is 1.15 bits per heavy atom. The molecule has 0 radical (unpaired) electrons. The van der Waals surface area contributed by atoms with Crippen LogP contribution in [-0.2, 0) is 16.6 Å². The minimum Gasteiger partial charge on any atom is -0.491 e. The van der Waals surface area contributed by atoms with Crippen LogP contribution < -0.4 is 14.8 Å². The van der Waals surface area contributed by atoms with E-state index in [0.717, 1.165) is 17.6 Å². The van der Waals surface area contributed by atoms with E-state index >= 15 is 0 Å². The third-order valence-electron chi connectivity index (χ3n) is 3.27. The summed E-state index contributed by atoms with van der Waals surface area (Å²) >= 11 is 6.09. The summed E-state index contributed by atoms with van der Waals surface area (Å²) in [5.41, 5.74) is 1.49. The summed E-state index contributed by atoms with van der Waals surface area (Å²) in [5.74, 6) is 0.426. The lowest BCUT2D eigenvalue weighted by molar-refractivity contribution is 0.0951. The molecule has 0 bridgehead atoms. The van der Waals surface area contributed by atoms with Gasteiger partial charge < -0.3 is 10.1 Å². The first-order valence-electron chi connectivity index (χ1n) is 7.95. The number of sulfonamides is 1. The quantitative estimate of drug-likeness (QED) is 0.750. The van der Waals surface area contributed by atoms with Gasteiger partial charge in [-0.1, -0.05) is 23.7 Å². The van der Waals surface area contributed by atoms with Gasteiger partial charge in [0, 0.05) is 12.2 Å². The summed E-state index contributed by atoms with van der Waals surface area (Å²) < 4.78 is 30.3. The number of benzene rings is 2. The monoisotopic (exact) mass is 396 g/mol. The Kier molecular flexibility index (Phi) is 6.50. The van der Waals surface area contributed by atoms with E-state index in [9.17, 15) is 13.2 Å². The molecule has 0 atom stereocenters. The molecule has 0 saturated heterocycles. The van der Waals surface area contributed by atoms with Gasteiger partial charge in [-0.3, -0.25) is 9.52 Å². The van der Waals surface area contributed by atoms with Crippen molar-refractivity contribution >= 4 is 33.2 Å². The SMILES string of the molecule is CC(C)Oc1ccc(CNC(=O)c2ccc(NS(C)(=O)=O)cc2Cl)cc1. The highest BCUT2D eigenvalue weighted by Gasteiger charge is 2.12. The minimum atomic E-state index is -3.40. The molecule has 0 aliphatic rings. The zero-order valence-electron chi connectivity index (χ0n) is 14.7. The van der Waals surface area contributed by atoms with Gasteiger partial charge in [-0.15, -0.1) is 0 Å². The Hall–Kier alpha value is -2.25. The first-order chi connectivity index (χ1) is 12.1. The second-order valence-electron chi connectivity index (χ2n) is 6.06. The molecule has 0 heterocycles. The molecule has 0 aliphatic heterocycles. The van der Waals surface area contributed by atoms with E-state index in [2.05, 4.69) is 10.0 Å². The number of ether oxygens (including phenoxy) is 1. The number of hydrogen-bond acceptors (Lipinski definition) is 4. The Morgan fingerprint density at radius 3 is 2.35 bits per heavy atom. The van der Waals surface area contributed by atoms with Gasteiger partial charge in [0.05, 0.1) is 22.9 Å². The largest absolute Gasteiger partial charge is 0.491 e. The van der Waals surface area contributed by atoms with Gasteiger partial charge in [0.1, 0.15) is 5.75 Å². The molecular formula is C18H21ClN2O4S. The molecule has 2 N–H and O–H groups in total. The molecule has 2 aromatic carbocycles. The number of amides is 1. The highest BCUT2D eigenvalue weighted by molar-refractivity contribution is 7.92. The van der Waals surface area contributed by atoms with Crippen molar-refractivity contribution in [3.63, 3.8) is 0 Å². The Labute approximate surface area is 158 Å². The Balaban J connectivity index is 1.99. The van der Waals surface area contributed by atoms with Crippen LogP contribution in [0.25, 0.3) is 0 Å². The van der Waals surface area contributed by atoms with Crippen molar-refractivity contribution in [1.82, 2.24) is 5.32 Å². The topological polar surface area (TPSA) is 84.5 Å². The molecule has 0 spiro atoms. The van der Waals surface area contributed by atoms with Crippen molar-refractivity contribution < 1.29 is 17.9 Å². The maximum Gasteiger partial charge on any atom is 0.253 e. The Bertz CT molecular complexity index is 881. The van der Waals surface area contributed by atoms with Crippen LogP contribution in [0, 0.1) is 0 Å². The third-order valence-corrected chi connectivity index (χ3v) is 4.18. The molecule has 0 aliphatic carbocycles. The zero-order chi connectivity index (χ0) is 19.3. The number of rotatable bonds is 7. The van der Waals surface area contributed by atoms with Gasteiger partial charge in [-0.25, -0.2) is 8.42 Å². The lowest BCUT2D eigenvalue weighted by atomic mass is 10.1. The second kappa shape index (κ2) is 8.42. The minimum absolute atomic E-state index is 0.0999. The third kappa shape index (κ3) is 6.24. The summed E-state index contributed by atoms with van der Waals surface area (Å²) in [4.78, 5) is 12.3. The summed E-state index contributed by atoms with van der Waals surface area (Å²) in [7, 11) is -3.40. The molecule has 8 heteroatoms. The number of anilines is 1. The fourth-order valence-electron chi connectivity index (χ4n) is 2.21. The molecule has 1 amide bonds. The van der Waals surface area contributed by atoms with Gasteiger partial charge >= 0.3 is 0 Å². The van der Waals surface area contributed by atoms with Gasteiger partial charge in [0.25, 0.3) is 5.91 Å². The number of hydrogen-bond donors (Lipinski definition) is 2. The van der Waals surface area contributed by atoms with E-state index in [1.165, 1.54) is 18.2 Å². The van der Waals surface area contributed by atoms with Gasteiger partial charge in [0.15, 0.2) is 0 Å². The molecule has 2 aromatic rings. The predicted molar refractivity (Wildman–Crippen MR) is 103 cm³/mol.